The highest BCUT2D eigenvalue weighted by Gasteiger charge is 2.19. The minimum absolute atomic E-state index is 0.0666. The van der Waals surface area contributed by atoms with Gasteiger partial charge in [-0.15, -0.1) is 0 Å². The third-order valence-electron chi connectivity index (χ3n) is 1.90. The molecule has 76 valence electrons. The van der Waals surface area contributed by atoms with Crippen molar-refractivity contribution in [1.29, 1.82) is 0 Å². The normalized spacial score (nSPS) is 12.5. The molecule has 4 N–H and O–H groups in total. The fourth-order valence-corrected chi connectivity index (χ4v) is 1.72. The minimum atomic E-state index is -1.20. The highest BCUT2D eigenvalue weighted by atomic mass is 79.9. The smallest absolute Gasteiger partial charge is 0.325 e. The summed E-state index contributed by atoms with van der Waals surface area (Å²) < 4.78 is 0.694. The van der Waals surface area contributed by atoms with Crippen LogP contribution >= 0.6 is 15.9 Å². The number of carbonyl (C=O) groups is 1. The lowest BCUT2D eigenvalue weighted by molar-refractivity contribution is -0.138. The maximum Gasteiger partial charge on any atom is 0.325 e. The summed E-state index contributed by atoms with van der Waals surface area (Å²) in [5.41, 5.74) is 6.20. The number of benzene rings is 1. The summed E-state index contributed by atoms with van der Waals surface area (Å²) in [7, 11) is 0. The van der Waals surface area contributed by atoms with Crippen LogP contribution < -0.4 is 5.73 Å². The van der Waals surface area contributed by atoms with E-state index < -0.39 is 12.0 Å². The highest BCUT2D eigenvalue weighted by molar-refractivity contribution is 9.10. The lowest BCUT2D eigenvalue weighted by atomic mass is 10.0. The number of halogens is 1. The molecular weight excluding hydrogens is 250 g/mol. The SMILES string of the molecule is Cc1cc(Br)cc([C@@H](N)C(=O)O)c1O. The molecule has 4 nitrogen and oxygen atoms in total. The summed E-state index contributed by atoms with van der Waals surface area (Å²) in [4.78, 5) is 10.6. The van der Waals surface area contributed by atoms with E-state index in [4.69, 9.17) is 10.8 Å². The van der Waals surface area contributed by atoms with Crippen molar-refractivity contribution in [3.05, 3.63) is 27.7 Å². The first-order valence-electron chi connectivity index (χ1n) is 3.91. The monoisotopic (exact) mass is 259 g/mol. The van der Waals surface area contributed by atoms with Crippen molar-refractivity contribution < 1.29 is 15.0 Å². The fourth-order valence-electron chi connectivity index (χ4n) is 1.13. The van der Waals surface area contributed by atoms with Crippen molar-refractivity contribution in [2.75, 3.05) is 0 Å². The standard InChI is InChI=1S/C9H10BrNO3/c1-4-2-5(10)3-6(8(4)12)7(11)9(13)14/h2-3,7,12H,11H2,1H3,(H,13,14)/t7-/m1/s1. The first-order valence-corrected chi connectivity index (χ1v) is 4.70. The zero-order chi connectivity index (χ0) is 10.9. The second kappa shape index (κ2) is 3.98. The summed E-state index contributed by atoms with van der Waals surface area (Å²) in [6, 6.07) is 1.99. The van der Waals surface area contributed by atoms with E-state index in [0.717, 1.165) is 0 Å². The average molecular weight is 260 g/mol. The molecule has 0 spiro atoms. The maximum absolute atomic E-state index is 10.6. The molecule has 0 aromatic heterocycles. The lowest BCUT2D eigenvalue weighted by Gasteiger charge is -2.11. The van der Waals surface area contributed by atoms with Crippen LogP contribution in [0.2, 0.25) is 0 Å². The van der Waals surface area contributed by atoms with Gasteiger partial charge in [-0.05, 0) is 24.6 Å². The number of aryl methyl sites for hydroxylation is 1. The zero-order valence-corrected chi connectivity index (χ0v) is 9.08. The van der Waals surface area contributed by atoms with E-state index in [1.807, 2.05) is 0 Å². The van der Waals surface area contributed by atoms with Gasteiger partial charge in [0.25, 0.3) is 0 Å². The van der Waals surface area contributed by atoms with Crippen LogP contribution in [0.4, 0.5) is 0 Å². The third-order valence-corrected chi connectivity index (χ3v) is 2.35. The van der Waals surface area contributed by atoms with Gasteiger partial charge in [0.15, 0.2) is 0 Å². The quantitative estimate of drug-likeness (QED) is 0.753. The Bertz CT molecular complexity index is 379. The minimum Gasteiger partial charge on any atom is -0.507 e. The van der Waals surface area contributed by atoms with Gasteiger partial charge in [0, 0.05) is 10.0 Å². The van der Waals surface area contributed by atoms with Crippen LogP contribution in [0.1, 0.15) is 17.2 Å². The summed E-state index contributed by atoms with van der Waals surface area (Å²) in [5.74, 6) is -1.24. The maximum atomic E-state index is 10.6. The van der Waals surface area contributed by atoms with E-state index in [1.165, 1.54) is 6.07 Å². The summed E-state index contributed by atoms with van der Waals surface area (Å²) in [6.45, 7) is 1.68. The Kier molecular flexibility index (Phi) is 3.13. The molecule has 0 aliphatic carbocycles. The number of hydrogen-bond acceptors (Lipinski definition) is 3. The van der Waals surface area contributed by atoms with Gasteiger partial charge in [-0.1, -0.05) is 15.9 Å². The van der Waals surface area contributed by atoms with Gasteiger partial charge in [0.1, 0.15) is 11.8 Å². The number of carboxylic acid groups (broad SMARTS) is 1. The lowest BCUT2D eigenvalue weighted by Crippen LogP contribution is -2.20. The number of carboxylic acids is 1. The Balaban J connectivity index is 3.26. The topological polar surface area (TPSA) is 83.6 Å². The van der Waals surface area contributed by atoms with Crippen molar-refractivity contribution in [3.63, 3.8) is 0 Å². The summed E-state index contributed by atoms with van der Waals surface area (Å²) in [5, 5.41) is 18.3. The van der Waals surface area contributed by atoms with Crippen molar-refractivity contribution >= 4 is 21.9 Å². The number of aliphatic carboxylic acids is 1. The largest absolute Gasteiger partial charge is 0.507 e. The molecule has 0 amide bonds. The molecule has 0 saturated carbocycles. The Hall–Kier alpha value is -1.07. The number of aromatic hydroxyl groups is 1. The summed E-state index contributed by atoms with van der Waals surface area (Å²) >= 11 is 3.20. The van der Waals surface area contributed by atoms with Gasteiger partial charge in [-0.2, -0.15) is 0 Å². The van der Waals surface area contributed by atoms with Crippen molar-refractivity contribution in [1.82, 2.24) is 0 Å². The van der Waals surface area contributed by atoms with Gasteiger partial charge in [0.2, 0.25) is 0 Å². The van der Waals surface area contributed by atoms with E-state index in [2.05, 4.69) is 15.9 Å². The van der Waals surface area contributed by atoms with Crippen LogP contribution in [-0.4, -0.2) is 16.2 Å². The number of rotatable bonds is 2. The molecule has 1 rings (SSSR count). The second-order valence-electron chi connectivity index (χ2n) is 2.98. The Morgan fingerprint density at radius 2 is 2.14 bits per heavy atom. The van der Waals surface area contributed by atoms with Crippen LogP contribution in [0.3, 0.4) is 0 Å². The molecule has 0 saturated heterocycles. The van der Waals surface area contributed by atoms with Gasteiger partial charge in [-0.25, -0.2) is 0 Å². The van der Waals surface area contributed by atoms with E-state index >= 15 is 0 Å². The molecule has 14 heavy (non-hydrogen) atoms. The number of phenolic OH excluding ortho intramolecular Hbond substituents is 1. The molecule has 0 fully saturated rings. The molecule has 0 aliphatic heterocycles. The van der Waals surface area contributed by atoms with E-state index in [1.54, 1.807) is 13.0 Å². The summed E-state index contributed by atoms with van der Waals surface area (Å²) in [6.07, 6.45) is 0. The Morgan fingerprint density at radius 3 is 2.64 bits per heavy atom. The first-order chi connectivity index (χ1) is 6.43. The van der Waals surface area contributed by atoms with Crippen molar-refractivity contribution in [3.8, 4) is 5.75 Å². The predicted molar refractivity (Wildman–Crippen MR) is 55.1 cm³/mol. The molecule has 1 aromatic rings. The van der Waals surface area contributed by atoms with Gasteiger partial charge < -0.3 is 15.9 Å². The number of phenols is 1. The molecule has 0 radical (unpaired) electrons. The van der Waals surface area contributed by atoms with E-state index in [0.29, 0.717) is 10.0 Å². The molecule has 0 bridgehead atoms. The number of nitrogens with two attached hydrogens (primary N) is 1. The zero-order valence-electron chi connectivity index (χ0n) is 7.49. The van der Waals surface area contributed by atoms with Crippen LogP contribution in [-0.2, 0) is 4.79 Å². The van der Waals surface area contributed by atoms with E-state index in [9.17, 15) is 9.90 Å². The third kappa shape index (κ3) is 2.05. The molecule has 0 heterocycles. The van der Waals surface area contributed by atoms with Gasteiger partial charge in [-0.3, -0.25) is 4.79 Å². The molecule has 0 unspecified atom stereocenters. The van der Waals surface area contributed by atoms with E-state index in [-0.39, 0.29) is 11.3 Å². The van der Waals surface area contributed by atoms with Crippen LogP contribution in [0, 0.1) is 6.92 Å². The molecule has 5 heteroatoms. The Labute approximate surface area is 89.5 Å². The van der Waals surface area contributed by atoms with Crippen molar-refractivity contribution in [2.24, 2.45) is 5.73 Å². The van der Waals surface area contributed by atoms with Crippen LogP contribution in [0.25, 0.3) is 0 Å². The number of hydrogen-bond donors (Lipinski definition) is 3. The predicted octanol–water partition coefficient (Wildman–Crippen LogP) is 1.55. The first kappa shape index (κ1) is 11.0. The second-order valence-corrected chi connectivity index (χ2v) is 3.89. The average Bonchev–Trinajstić information content (AvgIpc) is 2.09. The van der Waals surface area contributed by atoms with Crippen molar-refractivity contribution in [2.45, 2.75) is 13.0 Å². The molecular formula is C9H10BrNO3. The van der Waals surface area contributed by atoms with Gasteiger partial charge in [0.05, 0.1) is 0 Å². The van der Waals surface area contributed by atoms with Crippen LogP contribution in [0.5, 0.6) is 5.75 Å². The fraction of sp³-hybridized carbons (Fsp3) is 0.222. The molecule has 1 atom stereocenters. The highest BCUT2D eigenvalue weighted by Crippen LogP contribution is 2.30. The molecule has 1 aromatic carbocycles. The van der Waals surface area contributed by atoms with Gasteiger partial charge >= 0.3 is 5.97 Å². The van der Waals surface area contributed by atoms with Crippen LogP contribution in [0.15, 0.2) is 16.6 Å². The molecule has 0 aliphatic rings. The Morgan fingerprint density at radius 1 is 1.57 bits per heavy atom.